The summed E-state index contributed by atoms with van der Waals surface area (Å²) < 4.78 is 5.52. The highest BCUT2D eigenvalue weighted by molar-refractivity contribution is 8.25. The van der Waals surface area contributed by atoms with Gasteiger partial charge in [0.25, 0.3) is 0 Å². The molecule has 0 aliphatic heterocycles. The molecule has 0 aliphatic rings. The van der Waals surface area contributed by atoms with E-state index in [1.165, 1.54) is 18.0 Å². The maximum Gasteiger partial charge on any atom is 0.118 e. The minimum Gasteiger partial charge on any atom is -0.497 e. The average molecular weight is 204 g/mol. The first-order chi connectivity index (χ1) is 5.74. The third-order valence-corrected chi connectivity index (χ3v) is 2.39. The van der Waals surface area contributed by atoms with Crippen molar-refractivity contribution < 1.29 is 9.84 Å². The topological polar surface area (TPSA) is 29.5 Å². The lowest BCUT2D eigenvalue weighted by Gasteiger charge is -2.04. The van der Waals surface area contributed by atoms with Crippen LogP contribution in [0.25, 0.3) is 0 Å². The van der Waals surface area contributed by atoms with Crippen molar-refractivity contribution in [3.63, 3.8) is 0 Å². The van der Waals surface area contributed by atoms with Crippen molar-refractivity contribution in [1.29, 1.82) is 0 Å². The van der Waals surface area contributed by atoms with Gasteiger partial charge in [0.15, 0.2) is 0 Å². The molecule has 68 valence electrons. The SMILES string of the molecule is C=COCC(=CC)SC(=S)CO. The van der Waals surface area contributed by atoms with Gasteiger partial charge in [-0.05, 0) is 6.92 Å². The predicted molar refractivity (Wildman–Crippen MR) is 57.2 cm³/mol. The fraction of sp³-hybridized carbons (Fsp3) is 0.375. The first-order valence-electron chi connectivity index (χ1n) is 3.43. The molecule has 0 atom stereocenters. The summed E-state index contributed by atoms with van der Waals surface area (Å²) in [6.07, 6.45) is 3.28. The van der Waals surface area contributed by atoms with Crippen LogP contribution in [0.1, 0.15) is 6.92 Å². The van der Waals surface area contributed by atoms with Gasteiger partial charge in [0.2, 0.25) is 0 Å². The number of thiocarbonyl (C=S) groups is 1. The van der Waals surface area contributed by atoms with Crippen molar-refractivity contribution >= 4 is 28.2 Å². The fourth-order valence-corrected chi connectivity index (χ4v) is 1.41. The summed E-state index contributed by atoms with van der Waals surface area (Å²) in [5.41, 5.74) is 0. The summed E-state index contributed by atoms with van der Waals surface area (Å²) in [5.74, 6) is 0. The maximum absolute atomic E-state index is 8.65. The zero-order chi connectivity index (χ0) is 9.40. The quantitative estimate of drug-likeness (QED) is 0.548. The van der Waals surface area contributed by atoms with Crippen LogP contribution < -0.4 is 0 Å². The van der Waals surface area contributed by atoms with E-state index in [9.17, 15) is 0 Å². The molecule has 0 bridgehead atoms. The van der Waals surface area contributed by atoms with Crippen LogP contribution in [0.15, 0.2) is 23.8 Å². The first kappa shape index (κ1) is 11.7. The number of hydrogen-bond acceptors (Lipinski definition) is 4. The number of rotatable bonds is 5. The molecule has 0 radical (unpaired) electrons. The van der Waals surface area contributed by atoms with Crippen molar-refractivity contribution in [2.75, 3.05) is 13.2 Å². The van der Waals surface area contributed by atoms with E-state index in [4.69, 9.17) is 22.1 Å². The van der Waals surface area contributed by atoms with E-state index in [-0.39, 0.29) is 6.61 Å². The zero-order valence-corrected chi connectivity index (χ0v) is 8.58. The Bertz CT molecular complexity index is 187. The summed E-state index contributed by atoms with van der Waals surface area (Å²) in [5, 5.41) is 8.65. The van der Waals surface area contributed by atoms with Gasteiger partial charge in [0.05, 0.1) is 17.1 Å². The van der Waals surface area contributed by atoms with E-state index in [2.05, 4.69) is 6.58 Å². The molecular weight excluding hydrogens is 192 g/mol. The number of hydrogen-bond donors (Lipinski definition) is 1. The van der Waals surface area contributed by atoms with Gasteiger partial charge in [-0.3, -0.25) is 0 Å². The van der Waals surface area contributed by atoms with Gasteiger partial charge >= 0.3 is 0 Å². The van der Waals surface area contributed by atoms with Gasteiger partial charge in [0, 0.05) is 4.91 Å². The Morgan fingerprint density at radius 2 is 2.42 bits per heavy atom. The lowest BCUT2D eigenvalue weighted by molar-refractivity contribution is 0.288. The maximum atomic E-state index is 8.65. The molecule has 0 aromatic carbocycles. The van der Waals surface area contributed by atoms with E-state index in [1.54, 1.807) is 0 Å². The lowest BCUT2D eigenvalue weighted by atomic mass is 10.5. The van der Waals surface area contributed by atoms with Crippen LogP contribution in [0.4, 0.5) is 0 Å². The second kappa shape index (κ2) is 7.34. The monoisotopic (exact) mass is 204 g/mol. The van der Waals surface area contributed by atoms with Crippen molar-refractivity contribution in [2.24, 2.45) is 0 Å². The number of ether oxygens (including phenoxy) is 1. The molecule has 0 unspecified atom stereocenters. The summed E-state index contributed by atoms with van der Waals surface area (Å²) in [4.78, 5) is 0.981. The number of allylic oxidation sites excluding steroid dienone is 1. The third kappa shape index (κ3) is 5.35. The molecule has 0 heterocycles. The van der Waals surface area contributed by atoms with E-state index >= 15 is 0 Å². The minimum atomic E-state index is -0.0779. The Morgan fingerprint density at radius 1 is 1.75 bits per heavy atom. The van der Waals surface area contributed by atoms with Crippen molar-refractivity contribution in [1.82, 2.24) is 0 Å². The normalized spacial score (nSPS) is 11.0. The van der Waals surface area contributed by atoms with Gasteiger partial charge in [-0.1, -0.05) is 36.6 Å². The van der Waals surface area contributed by atoms with E-state index in [1.807, 2.05) is 13.0 Å². The highest BCUT2D eigenvalue weighted by Crippen LogP contribution is 2.17. The molecule has 0 rings (SSSR count). The first-order valence-corrected chi connectivity index (χ1v) is 4.66. The Kier molecular flexibility index (Phi) is 7.14. The number of aliphatic hydroxyl groups is 1. The van der Waals surface area contributed by atoms with Crippen LogP contribution in [-0.2, 0) is 4.74 Å². The largest absolute Gasteiger partial charge is 0.497 e. The molecule has 2 nitrogen and oxygen atoms in total. The van der Waals surface area contributed by atoms with E-state index in [0.29, 0.717) is 10.8 Å². The van der Waals surface area contributed by atoms with E-state index in [0.717, 1.165) is 4.91 Å². The van der Waals surface area contributed by atoms with Crippen LogP contribution >= 0.6 is 24.0 Å². The molecular formula is C8H12O2S2. The second-order valence-electron chi connectivity index (χ2n) is 1.86. The Hall–Kier alpha value is -0.320. The molecule has 0 aromatic heterocycles. The van der Waals surface area contributed by atoms with Gasteiger partial charge in [-0.25, -0.2) is 0 Å². The standard InChI is InChI=1S/C8H12O2S2/c1-3-7(6-10-4-2)12-8(11)5-9/h3-4,9H,2,5-6H2,1H3. The summed E-state index contributed by atoms with van der Waals surface area (Å²) in [7, 11) is 0. The molecule has 12 heavy (non-hydrogen) atoms. The Morgan fingerprint density at radius 3 is 2.83 bits per heavy atom. The van der Waals surface area contributed by atoms with Crippen LogP contribution in [0, 0.1) is 0 Å². The van der Waals surface area contributed by atoms with Gasteiger partial charge in [0.1, 0.15) is 6.61 Å². The van der Waals surface area contributed by atoms with Crippen LogP contribution in [0.2, 0.25) is 0 Å². The third-order valence-electron chi connectivity index (χ3n) is 1.04. The molecule has 0 saturated heterocycles. The molecule has 0 saturated carbocycles. The molecule has 0 amide bonds. The van der Waals surface area contributed by atoms with Gasteiger partial charge in [-0.2, -0.15) is 0 Å². The molecule has 0 aromatic rings. The van der Waals surface area contributed by atoms with Crippen molar-refractivity contribution in [3.05, 3.63) is 23.8 Å². The number of aliphatic hydroxyl groups excluding tert-OH is 1. The second-order valence-corrected chi connectivity index (χ2v) is 3.84. The van der Waals surface area contributed by atoms with Crippen molar-refractivity contribution in [2.45, 2.75) is 6.92 Å². The Labute approximate surface area is 82.3 Å². The average Bonchev–Trinajstić information content (AvgIpc) is 2.11. The van der Waals surface area contributed by atoms with Gasteiger partial charge < -0.3 is 9.84 Å². The van der Waals surface area contributed by atoms with Crippen LogP contribution in [-0.4, -0.2) is 22.5 Å². The smallest absolute Gasteiger partial charge is 0.118 e. The summed E-state index contributed by atoms with van der Waals surface area (Å²) in [6, 6.07) is 0. The Balaban J connectivity index is 3.84. The highest BCUT2D eigenvalue weighted by atomic mass is 32.2. The van der Waals surface area contributed by atoms with Gasteiger partial charge in [-0.15, -0.1) is 0 Å². The minimum absolute atomic E-state index is 0.0779. The molecule has 0 aliphatic carbocycles. The zero-order valence-electron chi connectivity index (χ0n) is 6.95. The fourth-order valence-electron chi connectivity index (χ4n) is 0.491. The van der Waals surface area contributed by atoms with Crippen molar-refractivity contribution in [3.8, 4) is 0 Å². The molecule has 1 N–H and O–H groups in total. The number of thioether (sulfide) groups is 1. The van der Waals surface area contributed by atoms with Crippen LogP contribution in [0.5, 0.6) is 0 Å². The predicted octanol–water partition coefficient (Wildman–Crippen LogP) is 2.10. The van der Waals surface area contributed by atoms with E-state index < -0.39 is 0 Å². The summed E-state index contributed by atoms with van der Waals surface area (Å²) in [6.45, 7) is 5.71. The summed E-state index contributed by atoms with van der Waals surface area (Å²) >= 11 is 6.19. The van der Waals surface area contributed by atoms with Crippen LogP contribution in [0.3, 0.4) is 0 Å². The lowest BCUT2D eigenvalue weighted by Crippen LogP contribution is -1.98. The molecule has 0 spiro atoms. The molecule has 4 heteroatoms. The highest BCUT2D eigenvalue weighted by Gasteiger charge is 2.00. The molecule has 0 fully saturated rings.